The SMILES string of the molecule is CC(=O)O[C@@H]1CC[C@@]2(C)[C@H]3CC=C4[C@@H]5CC(C)(C)CC[C@]5(C)CC[C@]4(C)[C@]3(C)CC[C@@H]2[C@@]1(C)C(=O)O. The van der Waals surface area contributed by atoms with Crippen molar-refractivity contribution in [3.05, 3.63) is 11.6 Å². The molecule has 36 heavy (non-hydrogen) atoms. The summed E-state index contributed by atoms with van der Waals surface area (Å²) in [5.41, 5.74) is 1.81. The molecule has 5 rings (SSSR count). The van der Waals surface area contributed by atoms with Gasteiger partial charge in [-0.25, -0.2) is 0 Å². The van der Waals surface area contributed by atoms with Crippen LogP contribution >= 0.6 is 0 Å². The normalized spacial score (nSPS) is 51.5. The number of fused-ring (bicyclic) bond motifs is 7. The Hall–Kier alpha value is -1.32. The van der Waals surface area contributed by atoms with E-state index in [1.165, 1.54) is 39.0 Å². The van der Waals surface area contributed by atoms with Crippen molar-refractivity contribution < 1.29 is 19.4 Å². The molecule has 0 saturated heterocycles. The van der Waals surface area contributed by atoms with Crippen LogP contribution in [-0.4, -0.2) is 23.1 Å². The Balaban J connectivity index is 1.56. The molecule has 4 saturated carbocycles. The third-order valence-electron chi connectivity index (χ3n) is 13.4. The Bertz CT molecular complexity index is 996. The molecule has 0 unspecified atom stereocenters. The van der Waals surface area contributed by atoms with Crippen LogP contribution in [0.4, 0.5) is 0 Å². The molecule has 0 spiro atoms. The Morgan fingerprint density at radius 1 is 0.889 bits per heavy atom. The number of allylic oxidation sites excluding steroid dienone is 2. The van der Waals surface area contributed by atoms with Crippen molar-refractivity contribution in [1.29, 1.82) is 0 Å². The summed E-state index contributed by atoms with van der Waals surface area (Å²) in [4.78, 5) is 24.8. The molecule has 0 heterocycles. The molecule has 4 heteroatoms. The molecule has 0 aromatic heterocycles. The van der Waals surface area contributed by atoms with Crippen LogP contribution < -0.4 is 0 Å². The van der Waals surface area contributed by atoms with Crippen LogP contribution in [0.3, 0.4) is 0 Å². The van der Waals surface area contributed by atoms with Crippen molar-refractivity contribution in [3.63, 3.8) is 0 Å². The molecule has 0 radical (unpaired) electrons. The number of hydrogen-bond donors (Lipinski definition) is 1. The number of carbonyl (C=O) groups excluding carboxylic acids is 1. The van der Waals surface area contributed by atoms with E-state index in [9.17, 15) is 14.7 Å². The Morgan fingerprint density at radius 3 is 2.19 bits per heavy atom. The average molecular weight is 499 g/mol. The van der Waals surface area contributed by atoms with Gasteiger partial charge in [0.25, 0.3) is 0 Å². The van der Waals surface area contributed by atoms with E-state index < -0.39 is 17.5 Å². The molecule has 5 aliphatic rings. The first-order valence-corrected chi connectivity index (χ1v) is 14.6. The van der Waals surface area contributed by atoms with Crippen molar-refractivity contribution in [2.75, 3.05) is 0 Å². The summed E-state index contributed by atoms with van der Waals surface area (Å²) >= 11 is 0. The van der Waals surface area contributed by atoms with Crippen molar-refractivity contribution in [2.24, 2.45) is 50.2 Å². The lowest BCUT2D eigenvalue weighted by molar-refractivity contribution is -0.222. The number of ether oxygens (including phenoxy) is 1. The third-order valence-corrected chi connectivity index (χ3v) is 13.4. The van der Waals surface area contributed by atoms with Gasteiger partial charge in [-0.1, -0.05) is 53.2 Å². The predicted molar refractivity (Wildman–Crippen MR) is 142 cm³/mol. The molecule has 9 atom stereocenters. The third kappa shape index (κ3) is 3.30. The zero-order chi connectivity index (χ0) is 26.5. The summed E-state index contributed by atoms with van der Waals surface area (Å²) in [7, 11) is 0. The number of esters is 1. The molecule has 4 fully saturated rings. The van der Waals surface area contributed by atoms with Crippen LogP contribution in [0.2, 0.25) is 0 Å². The van der Waals surface area contributed by atoms with E-state index in [0.29, 0.717) is 29.1 Å². The smallest absolute Gasteiger partial charge is 0.313 e. The van der Waals surface area contributed by atoms with Gasteiger partial charge in [-0.3, -0.25) is 9.59 Å². The number of carboxylic acids is 1. The zero-order valence-electron chi connectivity index (χ0n) is 24.1. The van der Waals surface area contributed by atoms with E-state index in [0.717, 1.165) is 25.7 Å². The number of carbonyl (C=O) groups is 2. The quantitative estimate of drug-likeness (QED) is 0.311. The lowest BCUT2D eigenvalue weighted by Gasteiger charge is -2.71. The molecule has 1 N–H and O–H groups in total. The predicted octanol–water partition coefficient (Wildman–Crippen LogP) is 7.80. The van der Waals surface area contributed by atoms with Gasteiger partial charge in [0, 0.05) is 6.92 Å². The van der Waals surface area contributed by atoms with Crippen molar-refractivity contribution in [1.82, 2.24) is 0 Å². The minimum Gasteiger partial charge on any atom is -0.481 e. The van der Waals surface area contributed by atoms with Gasteiger partial charge in [0.1, 0.15) is 11.5 Å². The topological polar surface area (TPSA) is 63.6 Å². The maximum absolute atomic E-state index is 12.8. The number of rotatable bonds is 2. The highest BCUT2D eigenvalue weighted by atomic mass is 16.5. The van der Waals surface area contributed by atoms with Crippen LogP contribution in [-0.2, 0) is 14.3 Å². The number of hydrogen-bond acceptors (Lipinski definition) is 3. The van der Waals surface area contributed by atoms with Crippen LogP contribution in [0, 0.1) is 50.2 Å². The molecule has 0 amide bonds. The van der Waals surface area contributed by atoms with Crippen LogP contribution in [0.1, 0.15) is 120 Å². The highest BCUT2D eigenvalue weighted by molar-refractivity contribution is 5.77. The monoisotopic (exact) mass is 498 g/mol. The fourth-order valence-corrected chi connectivity index (χ4v) is 10.9. The first-order valence-electron chi connectivity index (χ1n) is 14.6. The van der Waals surface area contributed by atoms with Crippen molar-refractivity contribution in [2.45, 2.75) is 126 Å². The van der Waals surface area contributed by atoms with Gasteiger partial charge in [-0.05, 0) is 116 Å². The fourth-order valence-electron chi connectivity index (χ4n) is 10.9. The van der Waals surface area contributed by atoms with Gasteiger partial charge in [0.15, 0.2) is 0 Å². The molecule has 4 nitrogen and oxygen atoms in total. The van der Waals surface area contributed by atoms with Crippen molar-refractivity contribution in [3.8, 4) is 0 Å². The molecule has 0 bridgehead atoms. The Morgan fingerprint density at radius 2 is 1.56 bits per heavy atom. The highest BCUT2D eigenvalue weighted by Crippen LogP contribution is 2.75. The maximum atomic E-state index is 12.8. The van der Waals surface area contributed by atoms with Gasteiger partial charge in [0.05, 0.1) is 0 Å². The van der Waals surface area contributed by atoms with E-state index in [-0.39, 0.29) is 28.1 Å². The fraction of sp³-hybridized carbons (Fsp3) is 0.875. The van der Waals surface area contributed by atoms with Crippen LogP contribution in [0.15, 0.2) is 11.6 Å². The minimum atomic E-state index is -1.04. The van der Waals surface area contributed by atoms with Gasteiger partial charge in [-0.15, -0.1) is 0 Å². The van der Waals surface area contributed by atoms with E-state index in [4.69, 9.17) is 4.74 Å². The summed E-state index contributed by atoms with van der Waals surface area (Å²) in [5.74, 6) is -0.0260. The van der Waals surface area contributed by atoms with Gasteiger partial charge < -0.3 is 9.84 Å². The Kier molecular flexibility index (Phi) is 5.74. The second kappa shape index (κ2) is 7.85. The standard InChI is InChI=1S/C32H50O4/c1-20(33)36-25-12-13-29(5)23-10-9-21-22-19-27(2,3)15-16-28(22,4)17-18-30(21,6)31(23,7)14-11-24(29)32(25,8)26(34)35/h9,22-25H,10-19H2,1-8H3,(H,34,35)/t22-,23+,24-,25+,28+,29-,30-,31+,32+/m0/s1. The van der Waals surface area contributed by atoms with E-state index in [1.54, 1.807) is 5.57 Å². The molecule has 0 aromatic carbocycles. The number of carboxylic acid groups (broad SMARTS) is 1. The van der Waals surface area contributed by atoms with E-state index in [2.05, 4.69) is 47.6 Å². The van der Waals surface area contributed by atoms with Crippen LogP contribution in [0.5, 0.6) is 0 Å². The van der Waals surface area contributed by atoms with Crippen molar-refractivity contribution >= 4 is 11.9 Å². The number of aliphatic carboxylic acids is 1. The summed E-state index contributed by atoms with van der Waals surface area (Å²) < 4.78 is 5.69. The van der Waals surface area contributed by atoms with E-state index in [1.807, 2.05) is 6.92 Å². The second-order valence-electron chi connectivity index (χ2n) is 15.6. The largest absolute Gasteiger partial charge is 0.481 e. The minimum absolute atomic E-state index is 0.0136. The summed E-state index contributed by atoms with van der Waals surface area (Å²) in [6.07, 6.45) is 13.3. The molecular weight excluding hydrogens is 448 g/mol. The second-order valence-corrected chi connectivity index (χ2v) is 15.6. The Labute approximate surface area is 219 Å². The maximum Gasteiger partial charge on any atom is 0.313 e. The first-order chi connectivity index (χ1) is 16.5. The van der Waals surface area contributed by atoms with Gasteiger partial charge in [-0.2, -0.15) is 0 Å². The van der Waals surface area contributed by atoms with Gasteiger partial charge in [0.2, 0.25) is 0 Å². The molecular formula is C32H50O4. The lowest BCUT2D eigenvalue weighted by Crippen LogP contribution is -2.66. The molecule has 0 aliphatic heterocycles. The summed E-state index contributed by atoms with van der Waals surface area (Å²) in [5, 5.41) is 10.5. The lowest BCUT2D eigenvalue weighted by atomic mass is 9.33. The molecule has 202 valence electrons. The highest BCUT2D eigenvalue weighted by Gasteiger charge is 2.70. The van der Waals surface area contributed by atoms with Gasteiger partial charge >= 0.3 is 11.9 Å². The summed E-state index contributed by atoms with van der Waals surface area (Å²) in [6, 6.07) is 0. The summed E-state index contributed by atoms with van der Waals surface area (Å²) in [6.45, 7) is 18.3. The van der Waals surface area contributed by atoms with E-state index >= 15 is 0 Å². The molecule has 5 aliphatic carbocycles. The molecule has 0 aromatic rings. The zero-order valence-corrected chi connectivity index (χ0v) is 24.1. The average Bonchev–Trinajstić information content (AvgIpc) is 2.77. The van der Waals surface area contributed by atoms with Crippen LogP contribution in [0.25, 0.3) is 0 Å². The first kappa shape index (κ1) is 26.3.